The minimum atomic E-state index is -4.57. The van der Waals surface area contributed by atoms with Crippen molar-refractivity contribution in [2.75, 3.05) is 13.1 Å². The molecule has 1 N–H and O–H groups in total. The third kappa shape index (κ3) is 2.91. The third-order valence-electron chi connectivity index (χ3n) is 4.51. The first-order valence-corrected chi connectivity index (χ1v) is 7.21. The van der Waals surface area contributed by atoms with Crippen LogP contribution >= 0.6 is 0 Å². The molecule has 2 fully saturated rings. The van der Waals surface area contributed by atoms with Gasteiger partial charge in [-0.3, -0.25) is 4.90 Å². The van der Waals surface area contributed by atoms with Crippen LogP contribution in [0.15, 0.2) is 4.42 Å². The van der Waals surface area contributed by atoms with Gasteiger partial charge in [0.2, 0.25) is 11.8 Å². The van der Waals surface area contributed by atoms with E-state index in [0.29, 0.717) is 24.2 Å². The number of piperidine rings is 1. The minimum Gasteiger partial charge on any atom is -0.424 e. The number of rotatable bonds is 3. The van der Waals surface area contributed by atoms with Gasteiger partial charge in [-0.25, -0.2) is 0 Å². The van der Waals surface area contributed by atoms with Crippen LogP contribution in [-0.2, 0) is 6.54 Å². The second-order valence-corrected chi connectivity index (χ2v) is 5.97. The van der Waals surface area contributed by atoms with E-state index in [1.165, 1.54) is 6.42 Å². The molecule has 0 bridgehead atoms. The van der Waals surface area contributed by atoms with Crippen LogP contribution in [0.5, 0.6) is 0 Å². The highest BCUT2D eigenvalue weighted by Crippen LogP contribution is 2.39. The number of hydrogen-bond donors (Lipinski definition) is 1. The number of likely N-dealkylation sites (tertiary alicyclic amines) is 1. The highest BCUT2D eigenvalue weighted by atomic mass is 19.4. The molecule has 21 heavy (non-hydrogen) atoms. The predicted molar refractivity (Wildman–Crippen MR) is 66.4 cm³/mol. The summed E-state index contributed by atoms with van der Waals surface area (Å²) in [7, 11) is 0. The van der Waals surface area contributed by atoms with E-state index in [0.717, 1.165) is 12.8 Å². The Morgan fingerprint density at radius 3 is 2.43 bits per heavy atom. The summed E-state index contributed by atoms with van der Waals surface area (Å²) in [4.78, 5) is 1.80. The molecule has 0 atom stereocenters. The molecule has 0 amide bonds. The van der Waals surface area contributed by atoms with Crippen molar-refractivity contribution in [2.45, 2.75) is 56.3 Å². The van der Waals surface area contributed by atoms with Gasteiger partial charge in [-0.2, -0.15) is 13.2 Å². The van der Waals surface area contributed by atoms with Crippen molar-refractivity contribution < 1.29 is 22.7 Å². The van der Waals surface area contributed by atoms with Gasteiger partial charge in [0.25, 0.3) is 0 Å². The molecule has 0 aromatic carbocycles. The Kier molecular flexibility index (Phi) is 3.69. The van der Waals surface area contributed by atoms with Gasteiger partial charge in [-0.15, -0.1) is 10.2 Å². The van der Waals surface area contributed by atoms with E-state index in [1.807, 2.05) is 0 Å². The maximum atomic E-state index is 12.7. The lowest BCUT2D eigenvalue weighted by Gasteiger charge is -2.38. The maximum absolute atomic E-state index is 12.7. The van der Waals surface area contributed by atoms with Crippen molar-refractivity contribution >= 4 is 0 Å². The van der Waals surface area contributed by atoms with Crippen LogP contribution in [0.4, 0.5) is 13.2 Å². The van der Waals surface area contributed by atoms with Crippen molar-refractivity contribution in [3.63, 3.8) is 0 Å². The first-order valence-electron chi connectivity index (χ1n) is 7.21. The normalized spacial score (nSPS) is 24.0. The van der Waals surface area contributed by atoms with E-state index in [-0.39, 0.29) is 25.9 Å². The first kappa shape index (κ1) is 14.8. The fourth-order valence-corrected chi connectivity index (χ4v) is 2.71. The summed E-state index contributed by atoms with van der Waals surface area (Å²) in [5, 5.41) is 17.6. The van der Waals surface area contributed by atoms with Crippen LogP contribution in [0.3, 0.4) is 0 Å². The third-order valence-corrected chi connectivity index (χ3v) is 4.51. The number of aromatic nitrogens is 2. The average Bonchev–Trinajstić information content (AvgIpc) is 2.77. The molecule has 1 aliphatic carbocycles. The molecule has 1 saturated carbocycles. The second-order valence-electron chi connectivity index (χ2n) is 5.97. The average molecular weight is 305 g/mol. The molecule has 1 saturated heterocycles. The van der Waals surface area contributed by atoms with Crippen molar-refractivity contribution in [1.29, 1.82) is 0 Å². The standard InChI is InChI=1S/C13H18F3N3O2/c14-13(15,16)12(20)4-6-19(7-5-12)8-10-17-18-11(21-10)9-2-1-3-9/h9,20H,1-8H2. The highest BCUT2D eigenvalue weighted by Gasteiger charge is 2.54. The largest absolute Gasteiger partial charge is 0.424 e. The molecule has 1 aliphatic heterocycles. The van der Waals surface area contributed by atoms with E-state index in [1.54, 1.807) is 4.90 Å². The molecule has 5 nitrogen and oxygen atoms in total. The Labute approximate surface area is 120 Å². The molecule has 2 aliphatic rings. The van der Waals surface area contributed by atoms with E-state index in [9.17, 15) is 18.3 Å². The quantitative estimate of drug-likeness (QED) is 0.928. The van der Waals surface area contributed by atoms with Crippen molar-refractivity contribution in [2.24, 2.45) is 0 Å². The Morgan fingerprint density at radius 1 is 1.24 bits per heavy atom. The Balaban J connectivity index is 1.54. The summed E-state index contributed by atoms with van der Waals surface area (Å²) in [5.74, 6) is 1.43. The Morgan fingerprint density at radius 2 is 1.90 bits per heavy atom. The molecule has 0 unspecified atom stereocenters. The van der Waals surface area contributed by atoms with Gasteiger partial charge >= 0.3 is 6.18 Å². The van der Waals surface area contributed by atoms with E-state index in [2.05, 4.69) is 10.2 Å². The number of halogens is 3. The number of nitrogens with zero attached hydrogens (tertiary/aromatic N) is 3. The van der Waals surface area contributed by atoms with E-state index < -0.39 is 11.8 Å². The first-order chi connectivity index (χ1) is 9.87. The number of aliphatic hydroxyl groups is 1. The predicted octanol–water partition coefficient (Wildman–Crippen LogP) is 2.23. The zero-order valence-electron chi connectivity index (χ0n) is 11.6. The zero-order valence-corrected chi connectivity index (χ0v) is 11.6. The van der Waals surface area contributed by atoms with Crippen LogP contribution in [0.1, 0.15) is 49.8 Å². The van der Waals surface area contributed by atoms with Gasteiger partial charge in [-0.05, 0) is 25.7 Å². The van der Waals surface area contributed by atoms with E-state index in [4.69, 9.17) is 4.42 Å². The van der Waals surface area contributed by atoms with Gasteiger partial charge in [0.05, 0.1) is 6.54 Å². The molecule has 0 radical (unpaired) electrons. The molecule has 8 heteroatoms. The lowest BCUT2D eigenvalue weighted by Crippen LogP contribution is -2.53. The van der Waals surface area contributed by atoms with Crippen molar-refractivity contribution in [3.8, 4) is 0 Å². The van der Waals surface area contributed by atoms with Crippen LogP contribution in [0, 0.1) is 0 Å². The monoisotopic (exact) mass is 305 g/mol. The summed E-state index contributed by atoms with van der Waals surface area (Å²) in [6, 6.07) is 0. The minimum absolute atomic E-state index is 0.164. The smallest absolute Gasteiger partial charge is 0.417 e. The molecule has 2 heterocycles. The molecule has 0 spiro atoms. The van der Waals surface area contributed by atoms with Crippen LogP contribution < -0.4 is 0 Å². The summed E-state index contributed by atoms with van der Waals surface area (Å²) in [6.45, 7) is 0.669. The summed E-state index contributed by atoms with van der Waals surface area (Å²) >= 11 is 0. The van der Waals surface area contributed by atoms with Crippen molar-refractivity contribution in [3.05, 3.63) is 11.8 Å². The lowest BCUT2D eigenvalue weighted by atomic mass is 9.85. The molecular weight excluding hydrogens is 287 g/mol. The van der Waals surface area contributed by atoms with Gasteiger partial charge in [0.15, 0.2) is 5.60 Å². The molecule has 1 aromatic rings. The molecule has 1 aromatic heterocycles. The summed E-state index contributed by atoms with van der Waals surface area (Å²) in [6.07, 6.45) is -1.92. The molecule has 3 rings (SSSR count). The fraction of sp³-hybridized carbons (Fsp3) is 0.846. The Bertz CT molecular complexity index is 491. The van der Waals surface area contributed by atoms with Crippen LogP contribution in [0.25, 0.3) is 0 Å². The van der Waals surface area contributed by atoms with Gasteiger partial charge < -0.3 is 9.52 Å². The lowest BCUT2D eigenvalue weighted by molar-refractivity contribution is -0.273. The highest BCUT2D eigenvalue weighted by molar-refractivity contribution is 4.97. The number of hydrogen-bond acceptors (Lipinski definition) is 5. The van der Waals surface area contributed by atoms with Crippen LogP contribution in [-0.4, -0.2) is 45.1 Å². The second kappa shape index (κ2) is 5.24. The molecular formula is C13H18F3N3O2. The topological polar surface area (TPSA) is 62.4 Å². The molecule has 118 valence electrons. The fourth-order valence-electron chi connectivity index (χ4n) is 2.71. The van der Waals surface area contributed by atoms with Gasteiger partial charge in [0.1, 0.15) is 0 Å². The SMILES string of the molecule is OC1(C(F)(F)F)CCN(Cc2nnc(C3CCC3)o2)CC1. The van der Waals surface area contributed by atoms with Gasteiger partial charge in [-0.1, -0.05) is 6.42 Å². The maximum Gasteiger partial charge on any atom is 0.417 e. The van der Waals surface area contributed by atoms with E-state index >= 15 is 0 Å². The Hall–Kier alpha value is -1.15. The van der Waals surface area contributed by atoms with Crippen LogP contribution in [0.2, 0.25) is 0 Å². The summed E-state index contributed by atoms with van der Waals surface area (Å²) < 4.78 is 43.7. The van der Waals surface area contributed by atoms with Crippen molar-refractivity contribution in [1.82, 2.24) is 15.1 Å². The number of alkyl halides is 3. The van der Waals surface area contributed by atoms with Gasteiger partial charge in [0, 0.05) is 19.0 Å². The zero-order chi connectivity index (χ0) is 15.1. The summed E-state index contributed by atoms with van der Waals surface area (Å²) in [5.41, 5.74) is -2.56.